The Kier molecular flexibility index (Phi) is 3.72. The summed E-state index contributed by atoms with van der Waals surface area (Å²) in [5, 5.41) is 8.99. The summed E-state index contributed by atoms with van der Waals surface area (Å²) < 4.78 is 0. The second-order valence-electron chi connectivity index (χ2n) is 3.79. The lowest BCUT2D eigenvalue weighted by molar-refractivity contribution is -0.138. The van der Waals surface area contributed by atoms with Crippen molar-refractivity contribution in [2.75, 3.05) is 19.0 Å². The number of nitrogens with zero attached hydrogens (tertiary/aromatic N) is 1. The molecule has 0 aliphatic heterocycles. The molecule has 3 nitrogen and oxygen atoms in total. The van der Waals surface area contributed by atoms with Crippen molar-refractivity contribution in [3.8, 4) is 0 Å². The highest BCUT2D eigenvalue weighted by Gasteiger charge is 2.16. The molecule has 0 heterocycles. The Labute approximate surface area is 90.3 Å². The van der Waals surface area contributed by atoms with E-state index in [0.717, 1.165) is 11.3 Å². The van der Waals surface area contributed by atoms with Crippen molar-refractivity contribution in [3.05, 3.63) is 29.8 Å². The number of rotatable bonds is 4. The summed E-state index contributed by atoms with van der Waals surface area (Å²) in [6.07, 6.45) is 0.622. The van der Waals surface area contributed by atoms with Crippen molar-refractivity contribution in [1.29, 1.82) is 0 Å². The van der Waals surface area contributed by atoms with Gasteiger partial charge in [-0.3, -0.25) is 4.79 Å². The minimum atomic E-state index is -0.755. The van der Waals surface area contributed by atoms with Crippen LogP contribution in [0.5, 0.6) is 0 Å². The number of aliphatic carboxylic acids is 1. The highest BCUT2D eigenvalue weighted by molar-refractivity contribution is 5.76. The molecule has 1 aromatic carbocycles. The molecule has 1 rings (SSSR count). The van der Waals surface area contributed by atoms with Crippen LogP contribution in [-0.4, -0.2) is 25.2 Å². The van der Waals surface area contributed by atoms with Crippen molar-refractivity contribution in [2.24, 2.45) is 0 Å². The van der Waals surface area contributed by atoms with E-state index in [1.165, 1.54) is 0 Å². The van der Waals surface area contributed by atoms with Crippen molar-refractivity contribution in [3.63, 3.8) is 0 Å². The molecule has 0 bridgehead atoms. The van der Waals surface area contributed by atoms with E-state index in [-0.39, 0.29) is 5.92 Å². The molecule has 82 valence electrons. The van der Waals surface area contributed by atoms with Crippen LogP contribution in [0.1, 0.15) is 24.8 Å². The third-order valence-corrected chi connectivity index (χ3v) is 2.52. The summed E-state index contributed by atoms with van der Waals surface area (Å²) in [6, 6.07) is 7.66. The molecule has 15 heavy (non-hydrogen) atoms. The largest absolute Gasteiger partial charge is 0.481 e. The molecule has 0 spiro atoms. The second kappa shape index (κ2) is 4.82. The summed E-state index contributed by atoms with van der Waals surface area (Å²) >= 11 is 0. The van der Waals surface area contributed by atoms with E-state index >= 15 is 0 Å². The monoisotopic (exact) mass is 207 g/mol. The number of benzene rings is 1. The summed E-state index contributed by atoms with van der Waals surface area (Å²) in [7, 11) is 3.92. The normalized spacial score (nSPS) is 12.2. The molecule has 0 saturated carbocycles. The van der Waals surface area contributed by atoms with Gasteiger partial charge in [0.2, 0.25) is 0 Å². The molecule has 0 fully saturated rings. The Morgan fingerprint density at radius 1 is 1.33 bits per heavy atom. The molecule has 0 aromatic heterocycles. The lowest BCUT2D eigenvalue weighted by Crippen LogP contribution is -2.12. The average molecular weight is 207 g/mol. The predicted octanol–water partition coefficient (Wildman–Crippen LogP) is 2.33. The van der Waals surface area contributed by atoms with Gasteiger partial charge in [-0.15, -0.1) is 0 Å². The van der Waals surface area contributed by atoms with Crippen LogP contribution in [0.15, 0.2) is 24.3 Å². The minimum absolute atomic E-state index is 0.388. The van der Waals surface area contributed by atoms with E-state index in [0.29, 0.717) is 6.42 Å². The first-order valence-electron chi connectivity index (χ1n) is 5.06. The van der Waals surface area contributed by atoms with Crippen LogP contribution in [0, 0.1) is 0 Å². The van der Waals surface area contributed by atoms with Crippen LogP contribution < -0.4 is 4.90 Å². The van der Waals surface area contributed by atoms with Crippen molar-refractivity contribution in [1.82, 2.24) is 0 Å². The number of anilines is 1. The first kappa shape index (κ1) is 11.6. The molecule has 3 heteroatoms. The van der Waals surface area contributed by atoms with Crippen molar-refractivity contribution < 1.29 is 9.90 Å². The van der Waals surface area contributed by atoms with E-state index in [2.05, 4.69) is 0 Å². The number of hydrogen-bond donors (Lipinski definition) is 1. The molecule has 1 atom stereocenters. The van der Waals surface area contributed by atoms with Crippen LogP contribution >= 0.6 is 0 Å². The molecular formula is C12H17NO2. The van der Waals surface area contributed by atoms with Gasteiger partial charge in [0.1, 0.15) is 0 Å². The van der Waals surface area contributed by atoms with Gasteiger partial charge in [-0.2, -0.15) is 0 Å². The van der Waals surface area contributed by atoms with Gasteiger partial charge >= 0.3 is 5.97 Å². The Balaban J connectivity index is 2.92. The lowest BCUT2D eigenvalue weighted by atomic mass is 9.96. The van der Waals surface area contributed by atoms with Crippen LogP contribution in [0.4, 0.5) is 5.69 Å². The van der Waals surface area contributed by atoms with Gasteiger partial charge in [0.05, 0.1) is 5.92 Å². The highest BCUT2D eigenvalue weighted by Crippen LogP contribution is 2.22. The Hall–Kier alpha value is -1.51. The zero-order chi connectivity index (χ0) is 11.4. The van der Waals surface area contributed by atoms with Crippen LogP contribution in [-0.2, 0) is 4.79 Å². The van der Waals surface area contributed by atoms with Gasteiger partial charge in [0.25, 0.3) is 0 Å². The van der Waals surface area contributed by atoms with Crippen molar-refractivity contribution >= 4 is 11.7 Å². The van der Waals surface area contributed by atoms with E-state index in [9.17, 15) is 4.79 Å². The van der Waals surface area contributed by atoms with E-state index in [1.807, 2.05) is 50.2 Å². The number of carbonyl (C=O) groups is 1. The molecule has 1 unspecified atom stereocenters. The van der Waals surface area contributed by atoms with E-state index in [4.69, 9.17) is 5.11 Å². The quantitative estimate of drug-likeness (QED) is 0.823. The van der Waals surface area contributed by atoms with Gasteiger partial charge in [-0.05, 0) is 24.1 Å². The van der Waals surface area contributed by atoms with Crippen LogP contribution in [0.2, 0.25) is 0 Å². The fourth-order valence-electron chi connectivity index (χ4n) is 1.56. The Morgan fingerprint density at radius 2 is 1.87 bits per heavy atom. The first-order valence-corrected chi connectivity index (χ1v) is 5.06. The Morgan fingerprint density at radius 3 is 2.20 bits per heavy atom. The smallest absolute Gasteiger partial charge is 0.310 e. The van der Waals surface area contributed by atoms with Crippen LogP contribution in [0.3, 0.4) is 0 Å². The maximum absolute atomic E-state index is 10.9. The number of hydrogen-bond acceptors (Lipinski definition) is 2. The third kappa shape index (κ3) is 2.72. The zero-order valence-corrected chi connectivity index (χ0v) is 9.40. The molecule has 0 aliphatic rings. The van der Waals surface area contributed by atoms with Gasteiger partial charge < -0.3 is 10.0 Å². The molecule has 0 aliphatic carbocycles. The fraction of sp³-hybridized carbons (Fsp3) is 0.417. The van der Waals surface area contributed by atoms with Gasteiger partial charge in [0, 0.05) is 19.8 Å². The standard InChI is InChI=1S/C12H17NO2/c1-4-11(12(14)15)9-5-7-10(8-6-9)13(2)3/h5-8,11H,4H2,1-3H3,(H,14,15). The zero-order valence-electron chi connectivity index (χ0n) is 9.40. The lowest BCUT2D eigenvalue weighted by Gasteiger charge is -2.14. The van der Waals surface area contributed by atoms with Gasteiger partial charge in [-0.25, -0.2) is 0 Å². The summed E-state index contributed by atoms with van der Waals surface area (Å²) in [5.74, 6) is -1.14. The average Bonchev–Trinajstić information content (AvgIpc) is 2.19. The summed E-state index contributed by atoms with van der Waals surface area (Å²) in [6.45, 7) is 1.89. The maximum atomic E-state index is 10.9. The third-order valence-electron chi connectivity index (χ3n) is 2.52. The van der Waals surface area contributed by atoms with Gasteiger partial charge in [0.15, 0.2) is 0 Å². The van der Waals surface area contributed by atoms with E-state index in [1.54, 1.807) is 0 Å². The Bertz CT molecular complexity index is 330. The summed E-state index contributed by atoms with van der Waals surface area (Å²) in [4.78, 5) is 12.9. The molecule has 0 amide bonds. The maximum Gasteiger partial charge on any atom is 0.310 e. The fourth-order valence-corrected chi connectivity index (χ4v) is 1.56. The molecule has 0 saturated heterocycles. The van der Waals surface area contributed by atoms with Crippen molar-refractivity contribution in [2.45, 2.75) is 19.3 Å². The second-order valence-corrected chi connectivity index (χ2v) is 3.79. The SMILES string of the molecule is CCC(C(=O)O)c1ccc(N(C)C)cc1. The molecule has 1 aromatic rings. The van der Waals surface area contributed by atoms with Gasteiger partial charge in [-0.1, -0.05) is 19.1 Å². The topological polar surface area (TPSA) is 40.5 Å². The molecular weight excluding hydrogens is 190 g/mol. The predicted molar refractivity (Wildman–Crippen MR) is 61.4 cm³/mol. The molecule has 1 N–H and O–H groups in total. The first-order chi connectivity index (χ1) is 7.06. The van der Waals surface area contributed by atoms with E-state index < -0.39 is 5.97 Å². The number of carboxylic acid groups (broad SMARTS) is 1. The molecule has 0 radical (unpaired) electrons. The van der Waals surface area contributed by atoms with Crippen LogP contribution in [0.25, 0.3) is 0 Å². The minimum Gasteiger partial charge on any atom is -0.481 e. The highest BCUT2D eigenvalue weighted by atomic mass is 16.4. The summed E-state index contributed by atoms with van der Waals surface area (Å²) in [5.41, 5.74) is 1.95. The number of carboxylic acids is 1.